The first-order chi connectivity index (χ1) is 7.86. The first-order valence-corrected chi connectivity index (χ1v) is 6.90. The van der Waals surface area contributed by atoms with Crippen molar-refractivity contribution in [3.05, 3.63) is 0 Å². The summed E-state index contributed by atoms with van der Waals surface area (Å²) in [6, 6.07) is 0. The molecule has 0 spiro atoms. The fraction of sp³-hybridized carbons (Fsp3) is 1.00. The number of aliphatic hydroxyl groups is 1. The van der Waals surface area contributed by atoms with Crippen LogP contribution in [-0.4, -0.2) is 49.3 Å². The van der Waals surface area contributed by atoms with Crippen LogP contribution in [0, 0.1) is 5.92 Å². The number of aliphatic hydroxyl groups excluding tert-OH is 1. The van der Waals surface area contributed by atoms with Gasteiger partial charge in [0.1, 0.15) is 0 Å². The maximum atomic E-state index is 8.91. The predicted molar refractivity (Wildman–Crippen MR) is 68.6 cm³/mol. The zero-order valence-electron chi connectivity index (χ0n) is 10.7. The molecule has 1 rings (SSSR count). The van der Waals surface area contributed by atoms with Crippen molar-refractivity contribution in [2.75, 3.05) is 39.3 Å². The second-order valence-corrected chi connectivity index (χ2v) is 4.87. The quantitative estimate of drug-likeness (QED) is 0.618. The third-order valence-electron chi connectivity index (χ3n) is 3.66. The summed E-state index contributed by atoms with van der Waals surface area (Å²) >= 11 is 0. The molecular weight excluding hydrogens is 200 g/mol. The van der Waals surface area contributed by atoms with Crippen molar-refractivity contribution in [2.24, 2.45) is 5.92 Å². The van der Waals surface area contributed by atoms with E-state index in [4.69, 9.17) is 5.11 Å². The lowest BCUT2D eigenvalue weighted by Gasteiger charge is -2.27. The number of hydrogen-bond acceptors (Lipinski definition) is 3. The molecule has 0 aromatic carbocycles. The maximum Gasteiger partial charge on any atom is 0.0433 e. The molecule has 1 atom stereocenters. The van der Waals surface area contributed by atoms with E-state index < -0.39 is 0 Å². The van der Waals surface area contributed by atoms with Crippen molar-refractivity contribution in [2.45, 2.75) is 39.0 Å². The molecule has 1 aliphatic heterocycles. The van der Waals surface area contributed by atoms with Crippen molar-refractivity contribution in [3.63, 3.8) is 0 Å². The molecule has 16 heavy (non-hydrogen) atoms. The summed E-state index contributed by atoms with van der Waals surface area (Å²) in [5.74, 6) is 0.744. The van der Waals surface area contributed by atoms with E-state index in [1.54, 1.807) is 0 Å². The van der Waals surface area contributed by atoms with E-state index in [0.717, 1.165) is 25.4 Å². The Hall–Kier alpha value is -0.120. The molecule has 0 aliphatic carbocycles. The first-order valence-electron chi connectivity index (χ1n) is 6.90. The Kier molecular flexibility index (Phi) is 7.81. The Bertz CT molecular complexity index is 151. The Labute approximate surface area is 100 Å². The van der Waals surface area contributed by atoms with Gasteiger partial charge in [0.05, 0.1) is 0 Å². The van der Waals surface area contributed by atoms with E-state index in [1.807, 2.05) is 0 Å². The van der Waals surface area contributed by atoms with Gasteiger partial charge in [-0.25, -0.2) is 0 Å². The van der Waals surface area contributed by atoms with Gasteiger partial charge in [0, 0.05) is 32.8 Å². The predicted octanol–water partition coefficient (Wildman–Crippen LogP) is 1.47. The summed E-state index contributed by atoms with van der Waals surface area (Å²) in [4.78, 5) is 2.56. The molecule has 0 bridgehead atoms. The highest BCUT2D eigenvalue weighted by Gasteiger charge is 2.09. The Morgan fingerprint density at radius 3 is 2.56 bits per heavy atom. The van der Waals surface area contributed by atoms with Gasteiger partial charge in [-0.2, -0.15) is 0 Å². The third-order valence-corrected chi connectivity index (χ3v) is 3.66. The molecule has 1 fully saturated rings. The normalized spacial score (nSPS) is 19.9. The minimum absolute atomic E-state index is 0.357. The molecule has 0 unspecified atom stereocenters. The minimum atomic E-state index is 0.357. The van der Waals surface area contributed by atoms with Gasteiger partial charge in [-0.3, -0.25) is 0 Å². The van der Waals surface area contributed by atoms with Crippen LogP contribution in [0.2, 0.25) is 0 Å². The zero-order chi connectivity index (χ0) is 11.6. The Balaban J connectivity index is 1.97. The average Bonchev–Trinajstić information content (AvgIpc) is 2.34. The van der Waals surface area contributed by atoms with Gasteiger partial charge >= 0.3 is 0 Å². The topological polar surface area (TPSA) is 35.5 Å². The van der Waals surface area contributed by atoms with E-state index in [1.165, 1.54) is 45.3 Å². The SMILES string of the molecule is CC[C@H](CCO)CCCCN1CCNCC1. The number of nitrogens with one attached hydrogen (secondary N) is 1. The van der Waals surface area contributed by atoms with Crippen LogP contribution in [0.4, 0.5) is 0 Å². The summed E-state index contributed by atoms with van der Waals surface area (Å²) in [6.45, 7) is 8.59. The third kappa shape index (κ3) is 5.83. The molecule has 1 saturated heterocycles. The van der Waals surface area contributed by atoms with Crippen molar-refractivity contribution >= 4 is 0 Å². The van der Waals surface area contributed by atoms with Crippen LogP contribution in [0.1, 0.15) is 39.0 Å². The number of unbranched alkanes of at least 4 members (excludes halogenated alkanes) is 1. The van der Waals surface area contributed by atoms with Gasteiger partial charge in [0.15, 0.2) is 0 Å². The molecule has 2 N–H and O–H groups in total. The minimum Gasteiger partial charge on any atom is -0.396 e. The largest absolute Gasteiger partial charge is 0.396 e. The molecule has 3 heteroatoms. The molecule has 0 aromatic heterocycles. The molecular formula is C13H28N2O. The second kappa shape index (κ2) is 8.97. The number of nitrogens with zero attached hydrogens (tertiary/aromatic N) is 1. The average molecular weight is 228 g/mol. The highest BCUT2D eigenvalue weighted by molar-refractivity contribution is 4.67. The lowest BCUT2D eigenvalue weighted by Crippen LogP contribution is -2.43. The van der Waals surface area contributed by atoms with Crippen molar-refractivity contribution < 1.29 is 5.11 Å². The molecule has 96 valence electrons. The Morgan fingerprint density at radius 1 is 1.19 bits per heavy atom. The van der Waals surface area contributed by atoms with Crippen LogP contribution in [0.3, 0.4) is 0 Å². The summed E-state index contributed by atoms with van der Waals surface area (Å²) in [5, 5.41) is 12.3. The van der Waals surface area contributed by atoms with Crippen LogP contribution in [-0.2, 0) is 0 Å². The molecule has 1 aliphatic rings. The first kappa shape index (κ1) is 13.9. The van der Waals surface area contributed by atoms with E-state index in [2.05, 4.69) is 17.1 Å². The van der Waals surface area contributed by atoms with Gasteiger partial charge in [-0.05, 0) is 25.3 Å². The summed E-state index contributed by atoms with van der Waals surface area (Å²) in [6.07, 6.45) is 6.14. The smallest absolute Gasteiger partial charge is 0.0433 e. The summed E-state index contributed by atoms with van der Waals surface area (Å²) < 4.78 is 0. The molecule has 0 saturated carbocycles. The molecule has 0 amide bonds. The number of hydrogen-bond donors (Lipinski definition) is 2. The maximum absolute atomic E-state index is 8.91. The van der Waals surface area contributed by atoms with Gasteiger partial charge in [-0.1, -0.05) is 26.2 Å². The van der Waals surface area contributed by atoms with E-state index in [-0.39, 0.29) is 0 Å². The van der Waals surface area contributed by atoms with Crippen LogP contribution >= 0.6 is 0 Å². The molecule has 0 aromatic rings. The van der Waals surface area contributed by atoms with Gasteiger partial charge in [0.25, 0.3) is 0 Å². The lowest BCUT2D eigenvalue weighted by atomic mass is 9.96. The zero-order valence-corrected chi connectivity index (χ0v) is 10.7. The monoisotopic (exact) mass is 228 g/mol. The lowest BCUT2D eigenvalue weighted by molar-refractivity contribution is 0.226. The highest BCUT2D eigenvalue weighted by Crippen LogP contribution is 2.16. The van der Waals surface area contributed by atoms with E-state index in [9.17, 15) is 0 Å². The van der Waals surface area contributed by atoms with Crippen molar-refractivity contribution in [1.29, 1.82) is 0 Å². The molecule has 1 heterocycles. The van der Waals surface area contributed by atoms with E-state index in [0.29, 0.717) is 6.61 Å². The summed E-state index contributed by atoms with van der Waals surface area (Å²) in [7, 11) is 0. The van der Waals surface area contributed by atoms with Gasteiger partial charge < -0.3 is 15.3 Å². The Morgan fingerprint density at radius 2 is 1.94 bits per heavy atom. The van der Waals surface area contributed by atoms with Gasteiger partial charge in [-0.15, -0.1) is 0 Å². The fourth-order valence-corrected chi connectivity index (χ4v) is 2.44. The van der Waals surface area contributed by atoms with Crippen LogP contribution < -0.4 is 5.32 Å². The molecule has 0 radical (unpaired) electrons. The number of piperazine rings is 1. The van der Waals surface area contributed by atoms with Gasteiger partial charge in [0.2, 0.25) is 0 Å². The summed E-state index contributed by atoms with van der Waals surface area (Å²) in [5.41, 5.74) is 0. The number of rotatable bonds is 8. The fourth-order valence-electron chi connectivity index (χ4n) is 2.44. The van der Waals surface area contributed by atoms with Crippen LogP contribution in [0.15, 0.2) is 0 Å². The standard InChI is InChI=1S/C13H28N2O/c1-2-13(6-12-16)5-3-4-9-15-10-7-14-8-11-15/h13-14,16H,2-12H2,1H3/t13-/m0/s1. The second-order valence-electron chi connectivity index (χ2n) is 4.87. The van der Waals surface area contributed by atoms with E-state index >= 15 is 0 Å². The molecule has 3 nitrogen and oxygen atoms in total. The van der Waals surface area contributed by atoms with Crippen LogP contribution in [0.5, 0.6) is 0 Å². The van der Waals surface area contributed by atoms with Crippen molar-refractivity contribution in [3.8, 4) is 0 Å². The van der Waals surface area contributed by atoms with Crippen molar-refractivity contribution in [1.82, 2.24) is 10.2 Å². The van der Waals surface area contributed by atoms with Crippen LogP contribution in [0.25, 0.3) is 0 Å². The highest BCUT2D eigenvalue weighted by atomic mass is 16.3.